The van der Waals surface area contributed by atoms with E-state index in [-0.39, 0.29) is 17.3 Å². The summed E-state index contributed by atoms with van der Waals surface area (Å²) < 4.78 is 28.8. The minimum absolute atomic E-state index is 0.00772. The summed E-state index contributed by atoms with van der Waals surface area (Å²) in [5.41, 5.74) is 1.52. The van der Waals surface area contributed by atoms with Gasteiger partial charge in [0.25, 0.3) is 10.0 Å². The zero-order chi connectivity index (χ0) is 28.8. The number of carbonyl (C=O) groups excluding carboxylic acids is 2. The standard InChI is InChI=1S/C30H36ClN3O4S/c1-6-27(29(36)32-30(3,4)5)33(20-23-12-8-7-9-13-23)28(35)21-34(25-14-10-11-22(2)19-25)39(37,38)26-17-15-24(31)16-18-26/h7-19,27H,6,20-21H2,1-5H3,(H,32,36). The highest BCUT2D eigenvalue weighted by atomic mass is 35.5. The molecule has 3 aromatic rings. The number of hydrogen-bond acceptors (Lipinski definition) is 4. The van der Waals surface area contributed by atoms with E-state index in [0.29, 0.717) is 17.1 Å². The molecule has 7 nitrogen and oxygen atoms in total. The molecule has 2 amide bonds. The van der Waals surface area contributed by atoms with Gasteiger partial charge in [-0.25, -0.2) is 8.42 Å². The van der Waals surface area contributed by atoms with Crippen molar-refractivity contribution in [2.75, 3.05) is 10.8 Å². The van der Waals surface area contributed by atoms with Crippen molar-refractivity contribution in [1.29, 1.82) is 0 Å². The van der Waals surface area contributed by atoms with Gasteiger partial charge < -0.3 is 10.2 Å². The van der Waals surface area contributed by atoms with Crippen LogP contribution in [-0.4, -0.2) is 43.3 Å². The third-order valence-corrected chi connectivity index (χ3v) is 8.09. The van der Waals surface area contributed by atoms with Crippen molar-refractivity contribution >= 4 is 39.1 Å². The Labute approximate surface area is 236 Å². The van der Waals surface area contributed by atoms with Crippen LogP contribution in [0.1, 0.15) is 45.2 Å². The van der Waals surface area contributed by atoms with Gasteiger partial charge in [0.2, 0.25) is 11.8 Å². The maximum Gasteiger partial charge on any atom is 0.264 e. The largest absolute Gasteiger partial charge is 0.350 e. The van der Waals surface area contributed by atoms with Gasteiger partial charge in [-0.3, -0.25) is 13.9 Å². The Morgan fingerprint density at radius 3 is 2.15 bits per heavy atom. The number of sulfonamides is 1. The van der Waals surface area contributed by atoms with E-state index in [1.54, 1.807) is 18.2 Å². The summed E-state index contributed by atoms with van der Waals surface area (Å²) >= 11 is 6.00. The Hall–Kier alpha value is -3.36. The van der Waals surface area contributed by atoms with Gasteiger partial charge in [0.15, 0.2) is 0 Å². The van der Waals surface area contributed by atoms with Gasteiger partial charge >= 0.3 is 0 Å². The molecule has 0 fully saturated rings. The average Bonchev–Trinajstić information content (AvgIpc) is 2.86. The van der Waals surface area contributed by atoms with Crippen LogP contribution in [-0.2, 0) is 26.2 Å². The summed E-state index contributed by atoms with van der Waals surface area (Å²) in [6.45, 7) is 8.97. The Bertz CT molecular complexity index is 1390. The predicted molar refractivity (Wildman–Crippen MR) is 156 cm³/mol. The molecule has 1 N–H and O–H groups in total. The van der Waals surface area contributed by atoms with E-state index in [4.69, 9.17) is 11.6 Å². The number of amides is 2. The Balaban J connectivity index is 2.06. The fourth-order valence-electron chi connectivity index (χ4n) is 4.20. The van der Waals surface area contributed by atoms with Gasteiger partial charge in [0.1, 0.15) is 12.6 Å². The molecule has 0 saturated heterocycles. The summed E-state index contributed by atoms with van der Waals surface area (Å²) in [6, 6.07) is 21.3. The van der Waals surface area contributed by atoms with Crippen LogP contribution in [0.4, 0.5) is 5.69 Å². The number of anilines is 1. The second kappa shape index (κ2) is 12.7. The van der Waals surface area contributed by atoms with Gasteiger partial charge in [-0.15, -0.1) is 0 Å². The minimum Gasteiger partial charge on any atom is -0.350 e. The van der Waals surface area contributed by atoms with Crippen LogP contribution in [0, 0.1) is 6.92 Å². The molecule has 3 aromatic carbocycles. The van der Waals surface area contributed by atoms with Crippen LogP contribution >= 0.6 is 11.6 Å². The summed E-state index contributed by atoms with van der Waals surface area (Å²) in [5.74, 6) is -0.786. The van der Waals surface area contributed by atoms with Crippen molar-refractivity contribution in [1.82, 2.24) is 10.2 Å². The zero-order valence-corrected chi connectivity index (χ0v) is 24.6. The first-order valence-corrected chi connectivity index (χ1v) is 14.6. The number of rotatable bonds is 10. The summed E-state index contributed by atoms with van der Waals surface area (Å²) in [6.07, 6.45) is 0.356. The Morgan fingerprint density at radius 2 is 1.59 bits per heavy atom. The monoisotopic (exact) mass is 569 g/mol. The van der Waals surface area contributed by atoms with Gasteiger partial charge in [0, 0.05) is 17.1 Å². The maximum atomic E-state index is 14.0. The second-order valence-electron chi connectivity index (χ2n) is 10.5. The van der Waals surface area contributed by atoms with Crippen molar-refractivity contribution in [3.05, 3.63) is 95.0 Å². The molecule has 0 aromatic heterocycles. The van der Waals surface area contributed by atoms with E-state index in [1.807, 2.05) is 71.0 Å². The number of nitrogens with one attached hydrogen (secondary N) is 1. The molecular formula is C30H36ClN3O4S. The lowest BCUT2D eigenvalue weighted by atomic mass is 10.1. The van der Waals surface area contributed by atoms with Crippen molar-refractivity contribution in [3.63, 3.8) is 0 Å². The van der Waals surface area contributed by atoms with Crippen LogP contribution in [0.15, 0.2) is 83.8 Å². The highest BCUT2D eigenvalue weighted by Gasteiger charge is 2.34. The number of hydrogen-bond donors (Lipinski definition) is 1. The minimum atomic E-state index is -4.14. The Morgan fingerprint density at radius 1 is 0.949 bits per heavy atom. The van der Waals surface area contributed by atoms with Crippen LogP contribution < -0.4 is 9.62 Å². The van der Waals surface area contributed by atoms with Crippen LogP contribution in [0.3, 0.4) is 0 Å². The fraction of sp³-hybridized carbons (Fsp3) is 0.333. The summed E-state index contributed by atoms with van der Waals surface area (Å²) in [4.78, 5) is 28.8. The van der Waals surface area contributed by atoms with Gasteiger partial charge in [-0.05, 0) is 81.6 Å². The smallest absolute Gasteiger partial charge is 0.264 e. The van der Waals surface area contributed by atoms with Crippen molar-refractivity contribution in [2.24, 2.45) is 0 Å². The van der Waals surface area contributed by atoms with E-state index < -0.39 is 34.1 Å². The highest BCUT2D eigenvalue weighted by Crippen LogP contribution is 2.26. The van der Waals surface area contributed by atoms with Crippen LogP contribution in [0.2, 0.25) is 5.02 Å². The first-order chi connectivity index (χ1) is 18.3. The third kappa shape index (κ3) is 8.07. The number of benzene rings is 3. The molecule has 0 aliphatic carbocycles. The number of aryl methyl sites for hydroxylation is 1. The molecule has 0 aliphatic heterocycles. The quantitative estimate of drug-likeness (QED) is 0.346. The molecule has 0 spiro atoms. The van der Waals surface area contributed by atoms with E-state index in [0.717, 1.165) is 15.4 Å². The van der Waals surface area contributed by atoms with Crippen molar-refractivity contribution < 1.29 is 18.0 Å². The summed E-state index contributed by atoms with van der Waals surface area (Å²) in [7, 11) is -4.14. The normalized spacial score (nSPS) is 12.5. The maximum absolute atomic E-state index is 14.0. The lowest BCUT2D eigenvalue weighted by Crippen LogP contribution is -2.55. The molecule has 0 bridgehead atoms. The van der Waals surface area contributed by atoms with Gasteiger partial charge in [0.05, 0.1) is 10.6 Å². The second-order valence-corrected chi connectivity index (χ2v) is 12.8. The Kier molecular flexibility index (Phi) is 9.80. The highest BCUT2D eigenvalue weighted by molar-refractivity contribution is 7.92. The molecule has 1 atom stereocenters. The number of halogens is 1. The first kappa shape index (κ1) is 30.2. The van der Waals surface area contributed by atoms with Gasteiger partial charge in [-0.1, -0.05) is 61.0 Å². The third-order valence-electron chi connectivity index (χ3n) is 6.05. The molecule has 0 radical (unpaired) electrons. The molecule has 39 heavy (non-hydrogen) atoms. The molecule has 3 rings (SSSR count). The molecule has 0 saturated carbocycles. The fourth-order valence-corrected chi connectivity index (χ4v) is 5.73. The number of carbonyl (C=O) groups is 2. The average molecular weight is 570 g/mol. The zero-order valence-electron chi connectivity index (χ0n) is 23.0. The lowest BCUT2D eigenvalue weighted by Gasteiger charge is -2.34. The van der Waals surface area contributed by atoms with Crippen LogP contribution in [0.25, 0.3) is 0 Å². The SMILES string of the molecule is CCC(C(=O)NC(C)(C)C)N(Cc1ccccc1)C(=O)CN(c1cccc(C)c1)S(=O)(=O)c1ccc(Cl)cc1. The van der Waals surface area contributed by atoms with E-state index in [9.17, 15) is 18.0 Å². The number of nitrogens with zero attached hydrogens (tertiary/aromatic N) is 2. The van der Waals surface area contributed by atoms with Crippen LogP contribution in [0.5, 0.6) is 0 Å². The molecule has 1 unspecified atom stereocenters. The molecule has 208 valence electrons. The molecule has 0 aliphatic rings. The predicted octanol–water partition coefficient (Wildman–Crippen LogP) is 5.57. The van der Waals surface area contributed by atoms with E-state index in [2.05, 4.69) is 5.32 Å². The van der Waals surface area contributed by atoms with Gasteiger partial charge in [-0.2, -0.15) is 0 Å². The lowest BCUT2D eigenvalue weighted by molar-refractivity contribution is -0.141. The first-order valence-electron chi connectivity index (χ1n) is 12.8. The topological polar surface area (TPSA) is 86.8 Å². The summed E-state index contributed by atoms with van der Waals surface area (Å²) in [5, 5.41) is 3.37. The molecule has 9 heteroatoms. The van der Waals surface area contributed by atoms with Crippen molar-refractivity contribution in [2.45, 2.75) is 64.1 Å². The van der Waals surface area contributed by atoms with E-state index in [1.165, 1.54) is 29.2 Å². The van der Waals surface area contributed by atoms with E-state index >= 15 is 0 Å². The molecule has 0 heterocycles. The molecular weight excluding hydrogens is 534 g/mol. The van der Waals surface area contributed by atoms with Crippen molar-refractivity contribution in [3.8, 4) is 0 Å².